The van der Waals surface area contributed by atoms with Crippen molar-refractivity contribution in [3.63, 3.8) is 0 Å². The third-order valence-corrected chi connectivity index (χ3v) is 3.06. The number of hydrogen-bond donors (Lipinski definition) is 0. The molecule has 1 aromatic carbocycles. The topological polar surface area (TPSA) is 81.7 Å². The van der Waals surface area contributed by atoms with E-state index in [1.54, 1.807) is 30.3 Å². The van der Waals surface area contributed by atoms with E-state index >= 15 is 0 Å². The molecule has 0 saturated heterocycles. The second-order valence-electron chi connectivity index (χ2n) is 4.37. The first kappa shape index (κ1) is 14.6. The van der Waals surface area contributed by atoms with Gasteiger partial charge >= 0.3 is 0 Å². The van der Waals surface area contributed by atoms with Crippen LogP contribution in [0.4, 0.5) is 0 Å². The van der Waals surface area contributed by atoms with Crippen LogP contribution in [0, 0.1) is 34.5 Å². The largest absolute Gasteiger partial charge is 0.299 e. The summed E-state index contributed by atoms with van der Waals surface area (Å²) in [6.45, 7) is 2.63. The Morgan fingerprint density at radius 3 is 1.84 bits per heavy atom. The van der Waals surface area contributed by atoms with Crippen LogP contribution >= 0.6 is 0 Å². The second kappa shape index (κ2) is 6.47. The number of carbonyl (C=O) groups excluding carboxylic acids is 2. The van der Waals surface area contributed by atoms with Gasteiger partial charge in [0.15, 0.2) is 0 Å². The SMILES string of the molecule is CC(=O)C(C(C)=O)C(c1ccccc1)C(C#N)C#N. The Morgan fingerprint density at radius 2 is 1.47 bits per heavy atom. The molecule has 0 saturated carbocycles. The molecule has 0 aliphatic rings. The van der Waals surface area contributed by atoms with Crippen molar-refractivity contribution >= 4 is 11.6 Å². The van der Waals surface area contributed by atoms with Gasteiger partial charge in [-0.3, -0.25) is 9.59 Å². The molecule has 0 fully saturated rings. The third-order valence-electron chi connectivity index (χ3n) is 3.06. The van der Waals surface area contributed by atoms with Gasteiger partial charge in [-0.1, -0.05) is 30.3 Å². The van der Waals surface area contributed by atoms with Crippen LogP contribution in [0.25, 0.3) is 0 Å². The molecule has 0 spiro atoms. The molecule has 0 aliphatic carbocycles. The summed E-state index contributed by atoms with van der Waals surface area (Å²) in [5.41, 5.74) is 0.658. The summed E-state index contributed by atoms with van der Waals surface area (Å²) in [4.78, 5) is 23.4. The highest BCUT2D eigenvalue weighted by atomic mass is 16.1. The number of Topliss-reactive ketones (excluding diaryl/α,β-unsaturated/α-hetero) is 2. The van der Waals surface area contributed by atoms with Crippen LogP contribution in [0.1, 0.15) is 25.3 Å². The van der Waals surface area contributed by atoms with Crippen LogP contribution in [0.2, 0.25) is 0 Å². The summed E-state index contributed by atoms with van der Waals surface area (Å²) in [6.07, 6.45) is 0. The lowest BCUT2D eigenvalue weighted by Crippen LogP contribution is -2.31. The average molecular weight is 254 g/mol. The van der Waals surface area contributed by atoms with E-state index in [2.05, 4.69) is 0 Å². The van der Waals surface area contributed by atoms with E-state index in [-0.39, 0.29) is 11.6 Å². The third kappa shape index (κ3) is 3.26. The lowest BCUT2D eigenvalue weighted by atomic mass is 9.74. The Hall–Kier alpha value is -2.46. The molecule has 0 radical (unpaired) electrons. The van der Waals surface area contributed by atoms with E-state index < -0.39 is 17.8 Å². The fraction of sp³-hybridized carbons (Fsp3) is 0.333. The van der Waals surface area contributed by atoms with Crippen molar-refractivity contribution in [2.24, 2.45) is 11.8 Å². The number of rotatable bonds is 5. The first-order valence-corrected chi connectivity index (χ1v) is 5.88. The fourth-order valence-electron chi connectivity index (χ4n) is 2.23. The van der Waals surface area contributed by atoms with Crippen molar-refractivity contribution in [3.05, 3.63) is 35.9 Å². The predicted octanol–water partition coefficient (Wildman–Crippen LogP) is 2.23. The van der Waals surface area contributed by atoms with Crippen molar-refractivity contribution in [1.29, 1.82) is 10.5 Å². The normalized spacial score (nSPS) is 11.7. The highest BCUT2D eigenvalue weighted by Gasteiger charge is 2.36. The molecule has 0 aliphatic heterocycles. The summed E-state index contributed by atoms with van der Waals surface area (Å²) in [5.74, 6) is -3.34. The first-order chi connectivity index (χ1) is 9.02. The molecule has 1 atom stereocenters. The van der Waals surface area contributed by atoms with Crippen LogP contribution in [0.5, 0.6) is 0 Å². The fourth-order valence-corrected chi connectivity index (χ4v) is 2.23. The molecule has 0 aromatic heterocycles. The molecule has 19 heavy (non-hydrogen) atoms. The lowest BCUT2D eigenvalue weighted by molar-refractivity contribution is -0.131. The van der Waals surface area contributed by atoms with Crippen LogP contribution in [0.3, 0.4) is 0 Å². The maximum absolute atomic E-state index is 11.7. The van der Waals surface area contributed by atoms with E-state index in [0.717, 1.165) is 0 Å². The summed E-state index contributed by atoms with van der Waals surface area (Å²) in [5, 5.41) is 18.2. The monoisotopic (exact) mass is 254 g/mol. The maximum Gasteiger partial charge on any atom is 0.141 e. The van der Waals surface area contributed by atoms with E-state index in [4.69, 9.17) is 10.5 Å². The van der Waals surface area contributed by atoms with E-state index in [9.17, 15) is 9.59 Å². The van der Waals surface area contributed by atoms with E-state index in [1.807, 2.05) is 12.1 Å². The van der Waals surface area contributed by atoms with E-state index in [1.165, 1.54) is 13.8 Å². The van der Waals surface area contributed by atoms with Crippen LogP contribution in [-0.4, -0.2) is 11.6 Å². The zero-order valence-electron chi connectivity index (χ0n) is 10.8. The first-order valence-electron chi connectivity index (χ1n) is 5.88. The molecule has 0 N–H and O–H groups in total. The Balaban J connectivity index is 3.36. The number of nitrogens with zero attached hydrogens (tertiary/aromatic N) is 2. The number of ketones is 2. The molecular formula is C15H14N2O2. The Labute approximate surface area is 112 Å². The van der Waals surface area contributed by atoms with Gasteiger partial charge in [0.1, 0.15) is 17.5 Å². The minimum absolute atomic E-state index is 0.322. The highest BCUT2D eigenvalue weighted by molar-refractivity contribution is 6.01. The predicted molar refractivity (Wildman–Crippen MR) is 68.8 cm³/mol. The zero-order chi connectivity index (χ0) is 14.4. The van der Waals surface area contributed by atoms with Gasteiger partial charge in [-0.25, -0.2) is 0 Å². The molecule has 4 heteroatoms. The average Bonchev–Trinajstić information content (AvgIpc) is 2.39. The van der Waals surface area contributed by atoms with Crippen LogP contribution < -0.4 is 0 Å². The van der Waals surface area contributed by atoms with Crippen molar-refractivity contribution in [2.45, 2.75) is 19.8 Å². The smallest absolute Gasteiger partial charge is 0.141 e. The van der Waals surface area contributed by atoms with Crippen molar-refractivity contribution < 1.29 is 9.59 Å². The molecule has 0 heterocycles. The van der Waals surface area contributed by atoms with Gasteiger partial charge in [0.25, 0.3) is 0 Å². The minimum atomic E-state index is -1.03. The quantitative estimate of drug-likeness (QED) is 0.754. The van der Waals surface area contributed by atoms with Gasteiger partial charge in [0.05, 0.1) is 18.1 Å². The maximum atomic E-state index is 11.7. The number of hydrogen-bond acceptors (Lipinski definition) is 4. The summed E-state index contributed by atoms with van der Waals surface area (Å²) >= 11 is 0. The molecule has 1 aromatic rings. The Morgan fingerprint density at radius 1 is 1.00 bits per heavy atom. The number of nitriles is 2. The van der Waals surface area contributed by atoms with Crippen molar-refractivity contribution in [3.8, 4) is 12.1 Å². The molecule has 1 unspecified atom stereocenters. The van der Waals surface area contributed by atoms with Gasteiger partial charge in [0.2, 0.25) is 0 Å². The number of carbonyl (C=O) groups is 2. The Kier molecular flexibility index (Phi) is 4.97. The zero-order valence-corrected chi connectivity index (χ0v) is 10.8. The summed E-state index contributed by atoms with van der Waals surface area (Å²) in [7, 11) is 0. The summed E-state index contributed by atoms with van der Waals surface area (Å²) < 4.78 is 0. The molecule has 4 nitrogen and oxygen atoms in total. The van der Waals surface area contributed by atoms with Crippen LogP contribution in [0.15, 0.2) is 30.3 Å². The molecule has 96 valence electrons. The molecule has 1 rings (SSSR count). The Bertz CT molecular complexity index is 524. The van der Waals surface area contributed by atoms with E-state index in [0.29, 0.717) is 5.56 Å². The minimum Gasteiger partial charge on any atom is -0.299 e. The van der Waals surface area contributed by atoms with Gasteiger partial charge in [0, 0.05) is 5.92 Å². The van der Waals surface area contributed by atoms with Gasteiger partial charge in [-0.15, -0.1) is 0 Å². The van der Waals surface area contributed by atoms with Crippen LogP contribution in [-0.2, 0) is 9.59 Å². The van der Waals surface area contributed by atoms with Crippen molar-refractivity contribution in [1.82, 2.24) is 0 Å². The lowest BCUT2D eigenvalue weighted by Gasteiger charge is -2.24. The van der Waals surface area contributed by atoms with Gasteiger partial charge < -0.3 is 0 Å². The second-order valence-corrected chi connectivity index (χ2v) is 4.37. The standard InChI is InChI=1S/C15H14N2O2/c1-10(18)14(11(2)19)15(13(8-16)9-17)12-6-4-3-5-7-12/h3-7,13-15H,1-2H3. The van der Waals surface area contributed by atoms with Gasteiger partial charge in [-0.05, 0) is 19.4 Å². The number of benzene rings is 1. The molecule has 0 amide bonds. The highest BCUT2D eigenvalue weighted by Crippen LogP contribution is 2.33. The van der Waals surface area contributed by atoms with Crippen molar-refractivity contribution in [2.75, 3.05) is 0 Å². The van der Waals surface area contributed by atoms with Gasteiger partial charge in [-0.2, -0.15) is 10.5 Å². The molecule has 0 bridgehead atoms. The summed E-state index contributed by atoms with van der Waals surface area (Å²) in [6, 6.07) is 12.5. The molecular weight excluding hydrogens is 240 g/mol.